The van der Waals surface area contributed by atoms with Crippen LogP contribution < -0.4 is 0 Å². The first kappa shape index (κ1) is 14.8. The molecule has 0 N–H and O–H groups in total. The molecule has 2 heterocycles. The van der Waals surface area contributed by atoms with Gasteiger partial charge in [-0.05, 0) is 18.2 Å². The van der Waals surface area contributed by atoms with Crippen LogP contribution in [0.3, 0.4) is 0 Å². The molecule has 0 saturated carbocycles. The van der Waals surface area contributed by atoms with Crippen molar-refractivity contribution in [3.63, 3.8) is 0 Å². The van der Waals surface area contributed by atoms with E-state index in [0.29, 0.717) is 23.2 Å². The zero-order valence-corrected chi connectivity index (χ0v) is 13.1. The van der Waals surface area contributed by atoms with Crippen LogP contribution in [-0.2, 0) is 0 Å². The summed E-state index contributed by atoms with van der Waals surface area (Å²) in [5.74, 6) is 0. The normalized spacial score (nSPS) is 10.5. The molecule has 0 spiro atoms. The largest absolute Gasteiger partial charge is 0.296 e. The molecule has 0 aliphatic carbocycles. The van der Waals surface area contributed by atoms with Crippen molar-refractivity contribution in [3.8, 4) is 28.6 Å². The standard InChI is InChI=1S/C20H12N4O/c21-12-14-5-4-8-16(9-14)19-11-18(15-6-2-1-3-7-15)22-20-10-17(13-25)23-24(19)20/h1-11,13H. The summed E-state index contributed by atoms with van der Waals surface area (Å²) in [5, 5.41) is 13.5. The van der Waals surface area contributed by atoms with Crippen LogP contribution in [0.5, 0.6) is 0 Å². The van der Waals surface area contributed by atoms with E-state index in [-0.39, 0.29) is 0 Å². The quantitative estimate of drug-likeness (QED) is 0.538. The van der Waals surface area contributed by atoms with Crippen molar-refractivity contribution in [2.75, 3.05) is 0 Å². The van der Waals surface area contributed by atoms with Crippen LogP contribution in [0, 0.1) is 11.3 Å². The van der Waals surface area contributed by atoms with E-state index in [0.717, 1.165) is 22.5 Å². The molecule has 0 atom stereocenters. The van der Waals surface area contributed by atoms with Gasteiger partial charge in [-0.2, -0.15) is 10.4 Å². The Morgan fingerprint density at radius 3 is 2.52 bits per heavy atom. The fourth-order valence-electron chi connectivity index (χ4n) is 2.76. The van der Waals surface area contributed by atoms with Crippen LogP contribution in [0.1, 0.15) is 16.1 Å². The number of aromatic nitrogens is 3. The Labute approximate surface area is 143 Å². The molecular formula is C20H12N4O. The average molecular weight is 324 g/mol. The minimum atomic E-state index is 0.315. The minimum absolute atomic E-state index is 0.315. The van der Waals surface area contributed by atoms with Gasteiger partial charge in [0.25, 0.3) is 0 Å². The second-order valence-electron chi connectivity index (χ2n) is 5.54. The molecule has 0 saturated heterocycles. The predicted molar refractivity (Wildman–Crippen MR) is 94.0 cm³/mol. The van der Waals surface area contributed by atoms with E-state index in [2.05, 4.69) is 16.2 Å². The summed E-state index contributed by atoms with van der Waals surface area (Å²) >= 11 is 0. The fourth-order valence-corrected chi connectivity index (χ4v) is 2.76. The zero-order valence-electron chi connectivity index (χ0n) is 13.1. The molecule has 0 aliphatic heterocycles. The smallest absolute Gasteiger partial charge is 0.170 e. The maximum atomic E-state index is 11.1. The molecule has 0 aliphatic rings. The fraction of sp³-hybridized carbons (Fsp3) is 0. The van der Waals surface area contributed by atoms with Gasteiger partial charge in [-0.1, -0.05) is 42.5 Å². The third-order valence-corrected chi connectivity index (χ3v) is 3.92. The number of benzene rings is 2. The molecule has 4 aromatic rings. The van der Waals surface area contributed by atoms with E-state index < -0.39 is 0 Å². The molecule has 118 valence electrons. The predicted octanol–water partition coefficient (Wildman–Crippen LogP) is 3.75. The highest BCUT2D eigenvalue weighted by Gasteiger charge is 2.12. The summed E-state index contributed by atoms with van der Waals surface area (Å²) in [6.45, 7) is 0. The Balaban J connectivity index is 2.02. The van der Waals surface area contributed by atoms with Gasteiger partial charge in [0.05, 0.1) is 23.0 Å². The molecule has 0 radical (unpaired) electrons. The van der Waals surface area contributed by atoms with Crippen molar-refractivity contribution in [1.29, 1.82) is 5.26 Å². The summed E-state index contributed by atoms with van der Waals surface area (Å²) < 4.78 is 1.63. The number of fused-ring (bicyclic) bond motifs is 1. The highest BCUT2D eigenvalue weighted by Crippen LogP contribution is 2.27. The molecule has 0 bridgehead atoms. The number of carbonyl (C=O) groups is 1. The molecule has 0 unspecified atom stereocenters. The van der Waals surface area contributed by atoms with E-state index in [1.165, 1.54) is 0 Å². The van der Waals surface area contributed by atoms with E-state index in [1.54, 1.807) is 22.7 Å². The van der Waals surface area contributed by atoms with E-state index in [1.807, 2.05) is 48.5 Å². The lowest BCUT2D eigenvalue weighted by molar-refractivity contribution is 0.111. The van der Waals surface area contributed by atoms with Gasteiger partial charge in [-0.15, -0.1) is 0 Å². The van der Waals surface area contributed by atoms with Gasteiger partial charge >= 0.3 is 0 Å². The van der Waals surface area contributed by atoms with Crippen molar-refractivity contribution < 1.29 is 4.79 Å². The van der Waals surface area contributed by atoms with E-state index in [9.17, 15) is 4.79 Å². The summed E-state index contributed by atoms with van der Waals surface area (Å²) in [7, 11) is 0. The Kier molecular flexibility index (Phi) is 3.56. The van der Waals surface area contributed by atoms with Gasteiger partial charge in [-0.25, -0.2) is 9.50 Å². The molecule has 4 rings (SSSR count). The van der Waals surface area contributed by atoms with Crippen LogP contribution in [0.25, 0.3) is 28.2 Å². The highest BCUT2D eigenvalue weighted by atomic mass is 16.1. The third-order valence-electron chi connectivity index (χ3n) is 3.92. The van der Waals surface area contributed by atoms with Crippen LogP contribution in [0.4, 0.5) is 0 Å². The van der Waals surface area contributed by atoms with E-state index in [4.69, 9.17) is 5.26 Å². The highest BCUT2D eigenvalue weighted by molar-refractivity contribution is 5.77. The first-order valence-corrected chi connectivity index (χ1v) is 7.70. The second kappa shape index (κ2) is 6.02. The number of hydrogen-bond acceptors (Lipinski definition) is 4. The van der Waals surface area contributed by atoms with Crippen LogP contribution in [-0.4, -0.2) is 20.9 Å². The van der Waals surface area contributed by atoms with Crippen LogP contribution in [0.2, 0.25) is 0 Å². The van der Waals surface area contributed by atoms with Gasteiger partial charge in [0.15, 0.2) is 11.9 Å². The number of aldehydes is 1. The number of nitriles is 1. The first-order valence-electron chi connectivity index (χ1n) is 7.70. The first-order chi connectivity index (χ1) is 12.3. The second-order valence-corrected chi connectivity index (χ2v) is 5.54. The monoisotopic (exact) mass is 324 g/mol. The maximum Gasteiger partial charge on any atom is 0.170 e. The van der Waals surface area contributed by atoms with Gasteiger partial charge in [0, 0.05) is 17.2 Å². The van der Waals surface area contributed by atoms with Crippen LogP contribution in [0.15, 0.2) is 66.7 Å². The zero-order chi connectivity index (χ0) is 17.2. The Hall–Kier alpha value is -3.78. The van der Waals surface area contributed by atoms with Crippen LogP contribution >= 0.6 is 0 Å². The van der Waals surface area contributed by atoms with Crippen molar-refractivity contribution in [3.05, 3.63) is 78.0 Å². The van der Waals surface area contributed by atoms with Gasteiger partial charge in [0.1, 0.15) is 5.69 Å². The number of nitrogens with zero attached hydrogens (tertiary/aromatic N) is 4. The Morgan fingerprint density at radius 1 is 0.960 bits per heavy atom. The summed E-state index contributed by atoms with van der Waals surface area (Å²) in [6.07, 6.45) is 0.701. The van der Waals surface area contributed by atoms with E-state index >= 15 is 0 Å². The molecular weight excluding hydrogens is 312 g/mol. The molecule has 5 nitrogen and oxygen atoms in total. The summed E-state index contributed by atoms with van der Waals surface area (Å²) in [5.41, 5.74) is 4.82. The number of hydrogen-bond donors (Lipinski definition) is 0. The topological polar surface area (TPSA) is 71.0 Å². The lowest BCUT2D eigenvalue weighted by Crippen LogP contribution is -1.99. The molecule has 2 aromatic carbocycles. The molecule has 25 heavy (non-hydrogen) atoms. The molecule has 5 heteroatoms. The lowest BCUT2D eigenvalue weighted by Gasteiger charge is -2.09. The Bertz CT molecular complexity index is 1120. The van der Waals surface area contributed by atoms with Gasteiger partial charge < -0.3 is 0 Å². The number of rotatable bonds is 3. The van der Waals surface area contributed by atoms with Gasteiger partial charge in [-0.3, -0.25) is 4.79 Å². The maximum absolute atomic E-state index is 11.1. The van der Waals surface area contributed by atoms with Crippen molar-refractivity contribution in [1.82, 2.24) is 14.6 Å². The van der Waals surface area contributed by atoms with Crippen molar-refractivity contribution in [2.45, 2.75) is 0 Å². The summed E-state index contributed by atoms with van der Waals surface area (Å²) in [6, 6.07) is 22.8. The number of carbonyl (C=O) groups excluding carboxylic acids is 1. The average Bonchev–Trinajstić information content (AvgIpc) is 3.11. The lowest BCUT2D eigenvalue weighted by atomic mass is 10.1. The Morgan fingerprint density at radius 2 is 1.76 bits per heavy atom. The van der Waals surface area contributed by atoms with Crippen molar-refractivity contribution >= 4 is 11.9 Å². The molecule has 0 fully saturated rings. The SMILES string of the molecule is N#Cc1cccc(-c2cc(-c3ccccc3)nc3cc(C=O)nn23)c1. The molecule has 2 aromatic heterocycles. The third kappa shape index (κ3) is 2.66. The molecule has 0 amide bonds. The summed E-state index contributed by atoms with van der Waals surface area (Å²) in [4.78, 5) is 15.8. The minimum Gasteiger partial charge on any atom is -0.296 e. The van der Waals surface area contributed by atoms with Crippen molar-refractivity contribution in [2.24, 2.45) is 0 Å². The van der Waals surface area contributed by atoms with Gasteiger partial charge in [0.2, 0.25) is 0 Å².